The first-order valence-corrected chi connectivity index (χ1v) is 5.24. The lowest BCUT2D eigenvalue weighted by Crippen LogP contribution is -2.53. The maximum absolute atomic E-state index is 11.1. The van der Waals surface area contributed by atoms with Crippen molar-refractivity contribution >= 4 is 17.5 Å². The molecule has 0 aromatic carbocycles. The molecule has 1 fully saturated rings. The maximum atomic E-state index is 11.1. The van der Waals surface area contributed by atoms with Crippen LogP contribution in [-0.4, -0.2) is 30.9 Å². The zero-order valence-corrected chi connectivity index (χ0v) is 8.90. The molecule has 1 heterocycles. The molecule has 13 heavy (non-hydrogen) atoms. The summed E-state index contributed by atoms with van der Waals surface area (Å²) in [5.41, 5.74) is 0. The van der Waals surface area contributed by atoms with Crippen LogP contribution in [0.4, 0.5) is 0 Å². The predicted molar refractivity (Wildman–Crippen MR) is 53.8 cm³/mol. The molecule has 0 aromatic heterocycles. The van der Waals surface area contributed by atoms with E-state index in [-0.39, 0.29) is 17.8 Å². The van der Waals surface area contributed by atoms with E-state index in [1.54, 1.807) is 0 Å². The van der Waals surface area contributed by atoms with Crippen LogP contribution in [0.1, 0.15) is 13.8 Å². The van der Waals surface area contributed by atoms with Crippen LogP contribution >= 0.6 is 11.6 Å². The second-order valence-corrected chi connectivity index (χ2v) is 4.11. The molecule has 2 unspecified atom stereocenters. The van der Waals surface area contributed by atoms with Gasteiger partial charge < -0.3 is 10.6 Å². The molecule has 0 spiro atoms. The lowest BCUT2D eigenvalue weighted by Gasteiger charge is -2.35. The molecule has 0 saturated carbocycles. The Hall–Kier alpha value is -0.280. The fourth-order valence-electron chi connectivity index (χ4n) is 1.86. The van der Waals surface area contributed by atoms with E-state index in [9.17, 15) is 4.79 Å². The van der Waals surface area contributed by atoms with Crippen molar-refractivity contribution < 1.29 is 4.79 Å². The Morgan fingerprint density at radius 1 is 1.46 bits per heavy atom. The van der Waals surface area contributed by atoms with Crippen LogP contribution in [0.3, 0.4) is 0 Å². The third-order valence-electron chi connectivity index (χ3n) is 2.61. The van der Waals surface area contributed by atoms with Gasteiger partial charge in [-0.25, -0.2) is 0 Å². The predicted octanol–water partition coefficient (Wildman–Crippen LogP) is 0.585. The van der Waals surface area contributed by atoms with Gasteiger partial charge in [0.2, 0.25) is 5.91 Å². The monoisotopic (exact) mass is 204 g/mol. The van der Waals surface area contributed by atoms with Gasteiger partial charge in [-0.2, -0.15) is 0 Å². The Morgan fingerprint density at radius 2 is 2.00 bits per heavy atom. The SMILES string of the molecule is CC1CNCC(C)C1NC(=O)CCl. The fraction of sp³-hybridized carbons (Fsp3) is 0.889. The van der Waals surface area contributed by atoms with Crippen molar-refractivity contribution in [1.29, 1.82) is 0 Å². The van der Waals surface area contributed by atoms with E-state index >= 15 is 0 Å². The summed E-state index contributed by atoms with van der Waals surface area (Å²) in [6.07, 6.45) is 0. The Kier molecular flexibility index (Phi) is 4.00. The Morgan fingerprint density at radius 3 is 2.46 bits per heavy atom. The second-order valence-electron chi connectivity index (χ2n) is 3.84. The highest BCUT2D eigenvalue weighted by atomic mass is 35.5. The van der Waals surface area contributed by atoms with Crippen LogP contribution in [0, 0.1) is 11.8 Å². The van der Waals surface area contributed by atoms with Gasteiger partial charge in [-0.05, 0) is 24.9 Å². The molecule has 3 nitrogen and oxygen atoms in total. The van der Waals surface area contributed by atoms with E-state index in [1.165, 1.54) is 0 Å². The van der Waals surface area contributed by atoms with Gasteiger partial charge >= 0.3 is 0 Å². The van der Waals surface area contributed by atoms with E-state index in [0.29, 0.717) is 11.8 Å². The molecule has 2 N–H and O–H groups in total. The Bertz CT molecular complexity index is 176. The van der Waals surface area contributed by atoms with Crippen LogP contribution < -0.4 is 10.6 Å². The van der Waals surface area contributed by atoms with Crippen LogP contribution in [0.25, 0.3) is 0 Å². The molecule has 4 heteroatoms. The van der Waals surface area contributed by atoms with Gasteiger partial charge in [-0.15, -0.1) is 11.6 Å². The van der Waals surface area contributed by atoms with Crippen molar-refractivity contribution in [2.24, 2.45) is 11.8 Å². The Labute approximate surface area is 84.2 Å². The van der Waals surface area contributed by atoms with Gasteiger partial charge in [0.05, 0.1) is 0 Å². The molecule has 0 radical (unpaired) electrons. The number of piperidine rings is 1. The topological polar surface area (TPSA) is 41.1 Å². The van der Waals surface area contributed by atoms with Gasteiger partial charge in [0, 0.05) is 6.04 Å². The summed E-state index contributed by atoms with van der Waals surface area (Å²) in [4.78, 5) is 11.1. The van der Waals surface area contributed by atoms with Crippen LogP contribution in [0.2, 0.25) is 0 Å². The first-order chi connectivity index (χ1) is 6.15. The first kappa shape index (κ1) is 10.8. The molecule has 0 aliphatic carbocycles. The fourth-order valence-corrected chi connectivity index (χ4v) is 1.94. The maximum Gasteiger partial charge on any atom is 0.235 e. The minimum absolute atomic E-state index is 0.0589. The Balaban J connectivity index is 2.48. The summed E-state index contributed by atoms with van der Waals surface area (Å²) in [6, 6.07) is 0.271. The number of carbonyl (C=O) groups is 1. The van der Waals surface area contributed by atoms with Gasteiger partial charge in [-0.3, -0.25) is 4.79 Å². The number of halogens is 1. The highest BCUT2D eigenvalue weighted by molar-refractivity contribution is 6.27. The number of hydrogen-bond acceptors (Lipinski definition) is 2. The summed E-state index contributed by atoms with van der Waals surface area (Å²) >= 11 is 5.44. The molecule has 1 rings (SSSR count). The lowest BCUT2D eigenvalue weighted by molar-refractivity contribution is -0.120. The van der Waals surface area contributed by atoms with Crippen molar-refractivity contribution in [3.63, 3.8) is 0 Å². The quantitative estimate of drug-likeness (QED) is 0.647. The van der Waals surface area contributed by atoms with E-state index in [1.807, 2.05) is 0 Å². The van der Waals surface area contributed by atoms with E-state index < -0.39 is 0 Å². The van der Waals surface area contributed by atoms with Crippen molar-refractivity contribution in [3.8, 4) is 0 Å². The molecule has 76 valence electrons. The number of rotatable bonds is 2. The molecule has 1 amide bonds. The van der Waals surface area contributed by atoms with Crippen LogP contribution in [0.15, 0.2) is 0 Å². The molecule has 1 aliphatic rings. The van der Waals surface area contributed by atoms with Gasteiger partial charge in [-0.1, -0.05) is 13.8 Å². The average Bonchev–Trinajstić information content (AvgIpc) is 2.11. The van der Waals surface area contributed by atoms with E-state index in [0.717, 1.165) is 13.1 Å². The van der Waals surface area contributed by atoms with Gasteiger partial charge in [0.25, 0.3) is 0 Å². The molecule has 1 aliphatic heterocycles. The average molecular weight is 205 g/mol. The van der Waals surface area contributed by atoms with Crippen LogP contribution in [-0.2, 0) is 4.79 Å². The molecule has 0 bridgehead atoms. The van der Waals surface area contributed by atoms with Gasteiger partial charge in [0.15, 0.2) is 0 Å². The molecular weight excluding hydrogens is 188 g/mol. The highest BCUT2D eigenvalue weighted by Crippen LogP contribution is 2.16. The zero-order chi connectivity index (χ0) is 9.84. The molecule has 0 aromatic rings. The molecule has 1 saturated heterocycles. The summed E-state index contributed by atoms with van der Waals surface area (Å²) in [7, 11) is 0. The summed E-state index contributed by atoms with van der Waals surface area (Å²) in [5.74, 6) is 0.961. The molecular formula is C9H17ClN2O. The third-order valence-corrected chi connectivity index (χ3v) is 2.85. The number of amides is 1. The minimum atomic E-state index is -0.0627. The highest BCUT2D eigenvalue weighted by Gasteiger charge is 2.28. The largest absolute Gasteiger partial charge is 0.352 e. The second kappa shape index (κ2) is 4.82. The lowest BCUT2D eigenvalue weighted by atomic mass is 9.87. The smallest absolute Gasteiger partial charge is 0.235 e. The molecule has 2 atom stereocenters. The number of alkyl halides is 1. The summed E-state index contributed by atoms with van der Waals surface area (Å²) in [5, 5.41) is 6.28. The van der Waals surface area contributed by atoms with Crippen molar-refractivity contribution in [2.45, 2.75) is 19.9 Å². The van der Waals surface area contributed by atoms with Gasteiger partial charge in [0.1, 0.15) is 5.88 Å². The van der Waals surface area contributed by atoms with Crippen LogP contribution in [0.5, 0.6) is 0 Å². The number of hydrogen-bond donors (Lipinski definition) is 2. The summed E-state index contributed by atoms with van der Waals surface area (Å²) < 4.78 is 0. The zero-order valence-electron chi connectivity index (χ0n) is 8.14. The first-order valence-electron chi connectivity index (χ1n) is 4.71. The number of nitrogens with one attached hydrogen (secondary N) is 2. The minimum Gasteiger partial charge on any atom is -0.352 e. The third kappa shape index (κ3) is 2.85. The van der Waals surface area contributed by atoms with Crippen molar-refractivity contribution in [3.05, 3.63) is 0 Å². The normalized spacial score (nSPS) is 34.2. The van der Waals surface area contributed by atoms with E-state index in [4.69, 9.17) is 11.6 Å². The standard InChI is InChI=1S/C9H17ClN2O/c1-6-4-11-5-7(2)9(6)12-8(13)3-10/h6-7,9,11H,3-5H2,1-2H3,(H,12,13). The number of carbonyl (C=O) groups excluding carboxylic acids is 1. The van der Waals surface area contributed by atoms with Crippen molar-refractivity contribution in [1.82, 2.24) is 10.6 Å². The van der Waals surface area contributed by atoms with Crippen molar-refractivity contribution in [2.75, 3.05) is 19.0 Å². The summed E-state index contributed by atoms with van der Waals surface area (Å²) in [6.45, 7) is 6.22. The van der Waals surface area contributed by atoms with E-state index in [2.05, 4.69) is 24.5 Å².